The average Bonchev–Trinajstić information content (AvgIpc) is 2.71. The summed E-state index contributed by atoms with van der Waals surface area (Å²) in [6.07, 6.45) is 0.0614. The Balaban J connectivity index is 2.00. The van der Waals surface area contributed by atoms with E-state index >= 15 is 0 Å². The molecule has 2 unspecified atom stereocenters. The molecule has 2 heteroatoms. The van der Waals surface area contributed by atoms with E-state index in [1.165, 1.54) is 16.8 Å². The maximum atomic E-state index is 8.51. The lowest BCUT2D eigenvalue weighted by molar-refractivity contribution is 0.565. The maximum Gasteiger partial charge on any atom is 0.125 e. The predicted octanol–water partition coefficient (Wildman–Crippen LogP) is 3.88. The van der Waals surface area contributed by atoms with Gasteiger partial charge in [0.25, 0.3) is 0 Å². The quantitative estimate of drug-likeness (QED) is 0.888. The zero-order chi connectivity index (χ0) is 15.0. The highest BCUT2D eigenvalue weighted by atomic mass is 15.4. The SMILES string of the molecule is [2H]N1C(c2ccccc2)[C@H](C)N(c2ccccc2C)C1C. The van der Waals surface area contributed by atoms with Crippen LogP contribution in [-0.4, -0.2) is 12.2 Å². The highest BCUT2D eigenvalue weighted by Gasteiger charge is 2.36. The average molecular weight is 267 g/mol. The molecule has 0 saturated carbocycles. The molecule has 1 saturated heterocycles. The summed E-state index contributed by atoms with van der Waals surface area (Å²) in [6, 6.07) is 19.2. The number of rotatable bonds is 2. The highest BCUT2D eigenvalue weighted by molar-refractivity contribution is 5.56. The molecule has 0 spiro atoms. The van der Waals surface area contributed by atoms with E-state index in [9.17, 15) is 0 Å². The van der Waals surface area contributed by atoms with Crippen LogP contribution in [0.3, 0.4) is 0 Å². The van der Waals surface area contributed by atoms with Gasteiger partial charge < -0.3 is 4.90 Å². The van der Waals surface area contributed by atoms with Crippen molar-refractivity contribution in [2.24, 2.45) is 0 Å². The Bertz CT molecular complexity index is 614. The fraction of sp³-hybridized carbons (Fsp3) is 0.333. The molecule has 2 nitrogen and oxygen atoms in total. The first-order chi connectivity index (χ1) is 10.1. The molecule has 0 aliphatic carbocycles. The topological polar surface area (TPSA) is 15.3 Å². The van der Waals surface area contributed by atoms with Gasteiger partial charge in [-0.1, -0.05) is 48.5 Å². The van der Waals surface area contributed by atoms with E-state index in [0.29, 0.717) is 0 Å². The first-order valence-corrected chi connectivity index (χ1v) is 7.27. The third-order valence-electron chi connectivity index (χ3n) is 4.21. The van der Waals surface area contributed by atoms with E-state index in [-0.39, 0.29) is 18.2 Å². The minimum atomic E-state index is 0.0614. The number of anilines is 1. The monoisotopic (exact) mass is 267 g/mol. The van der Waals surface area contributed by atoms with Crippen molar-refractivity contribution in [3.63, 3.8) is 0 Å². The molecular weight excluding hydrogens is 244 g/mol. The third kappa shape index (κ3) is 2.20. The smallest absolute Gasteiger partial charge is 0.125 e. The number of nitrogens with one attached hydrogen (secondary N) is 1. The molecule has 0 radical (unpaired) electrons. The van der Waals surface area contributed by atoms with E-state index < -0.39 is 0 Å². The Morgan fingerprint density at radius 1 is 1.00 bits per heavy atom. The fourth-order valence-corrected chi connectivity index (χ4v) is 3.21. The minimum Gasteiger partial charge on any atom is -0.351 e. The summed E-state index contributed by atoms with van der Waals surface area (Å²) in [6.45, 7) is 6.47. The van der Waals surface area contributed by atoms with Crippen LogP contribution in [0, 0.1) is 6.92 Å². The Labute approximate surface area is 122 Å². The lowest BCUT2D eigenvalue weighted by Gasteiger charge is -2.30. The van der Waals surface area contributed by atoms with Crippen molar-refractivity contribution in [2.45, 2.75) is 39.0 Å². The van der Waals surface area contributed by atoms with E-state index in [1.807, 2.05) is 6.07 Å². The van der Waals surface area contributed by atoms with E-state index in [4.69, 9.17) is 1.41 Å². The molecule has 1 N–H and O–H groups in total. The van der Waals surface area contributed by atoms with Gasteiger partial charge in [-0.25, -0.2) is 0 Å². The van der Waals surface area contributed by atoms with Crippen molar-refractivity contribution in [2.75, 3.05) is 4.90 Å². The number of aryl methyl sites for hydroxylation is 1. The number of nitrogens with zero attached hydrogens (tertiary/aromatic N) is 1. The van der Waals surface area contributed by atoms with Crippen LogP contribution in [-0.2, 0) is 0 Å². The number of para-hydroxylation sites is 1. The van der Waals surface area contributed by atoms with Gasteiger partial charge >= 0.3 is 0 Å². The summed E-state index contributed by atoms with van der Waals surface area (Å²) >= 11 is 0. The molecule has 1 fully saturated rings. The molecule has 2 aromatic rings. The van der Waals surface area contributed by atoms with Crippen molar-refractivity contribution in [3.05, 3.63) is 65.7 Å². The van der Waals surface area contributed by atoms with Crippen molar-refractivity contribution >= 4 is 5.69 Å². The molecule has 104 valence electrons. The lowest BCUT2D eigenvalue weighted by Crippen LogP contribution is -2.36. The molecule has 1 aliphatic rings. The van der Waals surface area contributed by atoms with Crippen LogP contribution < -0.4 is 10.2 Å². The summed E-state index contributed by atoms with van der Waals surface area (Å²) < 4.78 is 8.51. The minimum absolute atomic E-state index is 0.0614. The van der Waals surface area contributed by atoms with Crippen LogP contribution in [0.2, 0.25) is 1.41 Å². The Morgan fingerprint density at radius 3 is 2.35 bits per heavy atom. The van der Waals surface area contributed by atoms with Gasteiger partial charge in [-0.2, -0.15) is 0 Å². The van der Waals surface area contributed by atoms with Crippen LogP contribution in [0.4, 0.5) is 5.69 Å². The Hall–Kier alpha value is -1.80. The molecule has 3 rings (SSSR count). The highest BCUT2D eigenvalue weighted by Crippen LogP contribution is 2.34. The number of hydrogen-bond donors (Lipinski definition) is 1. The van der Waals surface area contributed by atoms with Crippen molar-refractivity contribution in [1.82, 2.24) is 5.31 Å². The Morgan fingerprint density at radius 2 is 1.65 bits per heavy atom. The van der Waals surface area contributed by atoms with Gasteiger partial charge in [0.1, 0.15) is 1.41 Å². The summed E-state index contributed by atoms with van der Waals surface area (Å²) in [5, 5.41) is 1.73. The number of benzene rings is 2. The van der Waals surface area contributed by atoms with E-state index in [1.54, 1.807) is 5.31 Å². The van der Waals surface area contributed by atoms with Gasteiger partial charge in [0, 0.05) is 11.7 Å². The van der Waals surface area contributed by atoms with Crippen molar-refractivity contribution in [3.8, 4) is 0 Å². The van der Waals surface area contributed by atoms with Gasteiger partial charge in [0.05, 0.1) is 12.2 Å². The van der Waals surface area contributed by atoms with Crippen LogP contribution in [0.5, 0.6) is 0 Å². The van der Waals surface area contributed by atoms with Gasteiger partial charge in [-0.15, -0.1) is 0 Å². The summed E-state index contributed by atoms with van der Waals surface area (Å²) in [5.74, 6) is 0. The standard InChI is InChI=1S/C18H22N2/c1-13-9-7-8-12-17(13)20-14(2)18(19-15(20)3)16-10-5-4-6-11-16/h4-12,14-15,18-19H,1-3H3/t14-,15?,18?/m0/s1/i/hD. The predicted molar refractivity (Wildman–Crippen MR) is 84.9 cm³/mol. The first-order valence-electron chi connectivity index (χ1n) is 7.72. The second-order valence-electron chi connectivity index (χ2n) is 5.57. The molecule has 20 heavy (non-hydrogen) atoms. The number of hydrogen-bond acceptors (Lipinski definition) is 2. The first kappa shape index (κ1) is 12.0. The largest absolute Gasteiger partial charge is 0.351 e. The van der Waals surface area contributed by atoms with Crippen LogP contribution in [0.15, 0.2) is 54.6 Å². The van der Waals surface area contributed by atoms with Crippen LogP contribution in [0.25, 0.3) is 0 Å². The maximum absolute atomic E-state index is 8.51. The second-order valence-corrected chi connectivity index (χ2v) is 5.57. The van der Waals surface area contributed by atoms with Gasteiger partial charge in [-0.3, -0.25) is 5.31 Å². The fourth-order valence-electron chi connectivity index (χ4n) is 3.21. The van der Waals surface area contributed by atoms with Gasteiger partial charge in [0.15, 0.2) is 0 Å². The molecular formula is C18H22N2. The van der Waals surface area contributed by atoms with E-state index in [2.05, 4.69) is 74.2 Å². The summed E-state index contributed by atoms with van der Waals surface area (Å²) in [5.41, 5.74) is 3.70. The lowest BCUT2D eigenvalue weighted by atomic mass is 10.0. The molecule has 3 atom stereocenters. The van der Waals surface area contributed by atoms with Crippen molar-refractivity contribution < 1.29 is 1.41 Å². The van der Waals surface area contributed by atoms with Gasteiger partial charge in [-0.05, 0) is 38.0 Å². The molecule has 0 bridgehead atoms. The normalized spacial score (nSPS) is 27.6. The third-order valence-corrected chi connectivity index (χ3v) is 4.21. The summed E-state index contributed by atoms with van der Waals surface area (Å²) in [7, 11) is 0. The van der Waals surface area contributed by atoms with Gasteiger partial charge in [0.2, 0.25) is 0 Å². The molecule has 0 amide bonds. The zero-order valence-corrected chi connectivity index (χ0v) is 12.3. The molecule has 1 heterocycles. The summed E-state index contributed by atoms with van der Waals surface area (Å²) in [4.78, 5) is 2.36. The van der Waals surface area contributed by atoms with Crippen LogP contribution >= 0.6 is 0 Å². The second kappa shape index (κ2) is 5.29. The molecule has 1 aliphatic heterocycles. The Kier molecular flexibility index (Phi) is 3.17. The van der Waals surface area contributed by atoms with Crippen molar-refractivity contribution in [1.29, 1.82) is 0 Å². The van der Waals surface area contributed by atoms with E-state index in [0.717, 1.165) is 0 Å². The molecule has 0 aromatic heterocycles. The molecule has 2 aromatic carbocycles. The van der Waals surface area contributed by atoms with Crippen LogP contribution in [0.1, 0.15) is 31.0 Å². The zero-order valence-electron chi connectivity index (χ0n) is 13.3.